The molecule has 0 heterocycles. The van der Waals surface area contributed by atoms with E-state index in [1.807, 2.05) is 4.90 Å². The molecule has 4 N–H and O–H groups in total. The lowest BCUT2D eigenvalue weighted by Crippen LogP contribution is -2.33. The van der Waals surface area contributed by atoms with Crippen LogP contribution < -0.4 is 11.5 Å². The highest BCUT2D eigenvalue weighted by Gasteiger charge is 2.11. The van der Waals surface area contributed by atoms with Gasteiger partial charge in [-0.3, -0.25) is 4.90 Å². The Balaban J connectivity index is 2.76. The fraction of sp³-hybridized carbons (Fsp3) is 0.455. The van der Waals surface area contributed by atoms with E-state index in [2.05, 4.69) is 0 Å². The standard InChI is InChI=1S/C11H17ClFN3/c12-10-2-1-3-11(13)9(10)8-16(6-4-14)7-5-15/h1-3H,4-8,14-15H2. The lowest BCUT2D eigenvalue weighted by Gasteiger charge is -2.21. The molecule has 1 aromatic carbocycles. The van der Waals surface area contributed by atoms with Crippen LogP contribution in [0.25, 0.3) is 0 Å². The molecule has 0 bridgehead atoms. The fourth-order valence-electron chi connectivity index (χ4n) is 1.54. The van der Waals surface area contributed by atoms with Crippen LogP contribution in [0.5, 0.6) is 0 Å². The molecule has 1 aromatic rings. The maximum Gasteiger partial charge on any atom is 0.129 e. The molecule has 16 heavy (non-hydrogen) atoms. The van der Waals surface area contributed by atoms with Gasteiger partial charge in [-0.15, -0.1) is 0 Å². The Morgan fingerprint density at radius 2 is 1.81 bits per heavy atom. The molecule has 0 saturated carbocycles. The van der Waals surface area contributed by atoms with Gasteiger partial charge in [-0.2, -0.15) is 0 Å². The highest BCUT2D eigenvalue weighted by molar-refractivity contribution is 6.31. The lowest BCUT2D eigenvalue weighted by atomic mass is 10.2. The van der Waals surface area contributed by atoms with Crippen molar-refractivity contribution in [2.75, 3.05) is 26.2 Å². The van der Waals surface area contributed by atoms with Crippen molar-refractivity contribution in [1.82, 2.24) is 4.90 Å². The highest BCUT2D eigenvalue weighted by atomic mass is 35.5. The lowest BCUT2D eigenvalue weighted by molar-refractivity contribution is 0.277. The third kappa shape index (κ3) is 3.72. The highest BCUT2D eigenvalue weighted by Crippen LogP contribution is 2.20. The van der Waals surface area contributed by atoms with E-state index in [-0.39, 0.29) is 5.82 Å². The Labute approximate surface area is 100 Å². The van der Waals surface area contributed by atoms with Gasteiger partial charge in [0.05, 0.1) is 0 Å². The maximum absolute atomic E-state index is 13.5. The summed E-state index contributed by atoms with van der Waals surface area (Å²) in [7, 11) is 0. The van der Waals surface area contributed by atoms with Crippen LogP contribution in [0.1, 0.15) is 5.56 Å². The molecule has 0 amide bonds. The van der Waals surface area contributed by atoms with E-state index < -0.39 is 0 Å². The summed E-state index contributed by atoms with van der Waals surface area (Å²) in [6.45, 7) is 2.85. The number of nitrogens with zero attached hydrogens (tertiary/aromatic N) is 1. The van der Waals surface area contributed by atoms with Crippen LogP contribution in [-0.2, 0) is 6.54 Å². The minimum Gasteiger partial charge on any atom is -0.329 e. The number of nitrogens with two attached hydrogens (primary N) is 2. The van der Waals surface area contributed by atoms with Crippen molar-refractivity contribution in [1.29, 1.82) is 0 Å². The van der Waals surface area contributed by atoms with Gasteiger partial charge < -0.3 is 11.5 Å². The SMILES string of the molecule is NCCN(CCN)Cc1c(F)cccc1Cl. The summed E-state index contributed by atoms with van der Waals surface area (Å²) in [6, 6.07) is 4.69. The zero-order chi connectivity index (χ0) is 12.0. The smallest absolute Gasteiger partial charge is 0.129 e. The molecule has 0 unspecified atom stereocenters. The summed E-state index contributed by atoms with van der Waals surface area (Å²) in [5.74, 6) is -0.286. The van der Waals surface area contributed by atoms with E-state index in [9.17, 15) is 4.39 Å². The molecule has 1 rings (SSSR count). The first-order valence-electron chi connectivity index (χ1n) is 5.24. The number of halogens is 2. The van der Waals surface area contributed by atoms with E-state index in [1.165, 1.54) is 6.07 Å². The molecule has 90 valence electrons. The van der Waals surface area contributed by atoms with Crippen LogP contribution in [0.4, 0.5) is 4.39 Å². The summed E-state index contributed by atoms with van der Waals surface area (Å²) in [4.78, 5) is 1.99. The van der Waals surface area contributed by atoms with E-state index in [0.717, 1.165) is 0 Å². The first-order valence-corrected chi connectivity index (χ1v) is 5.62. The monoisotopic (exact) mass is 245 g/mol. The summed E-state index contributed by atoms with van der Waals surface area (Å²) >= 11 is 5.94. The minimum atomic E-state index is -0.286. The molecule has 0 fully saturated rings. The predicted molar refractivity (Wildman–Crippen MR) is 64.8 cm³/mol. The normalized spacial score (nSPS) is 11.1. The van der Waals surface area contributed by atoms with Crippen molar-refractivity contribution in [3.63, 3.8) is 0 Å². The molecule has 0 radical (unpaired) electrons. The summed E-state index contributed by atoms with van der Waals surface area (Å²) in [6.07, 6.45) is 0. The average Bonchev–Trinajstić information content (AvgIpc) is 2.24. The van der Waals surface area contributed by atoms with Gasteiger partial charge in [0.1, 0.15) is 5.82 Å². The molecule has 0 atom stereocenters. The topological polar surface area (TPSA) is 55.3 Å². The van der Waals surface area contributed by atoms with Crippen LogP contribution in [0.3, 0.4) is 0 Å². The molecule has 5 heteroatoms. The summed E-state index contributed by atoms with van der Waals surface area (Å²) < 4.78 is 13.5. The quantitative estimate of drug-likeness (QED) is 0.792. The molecule has 0 aliphatic rings. The third-order valence-corrected chi connectivity index (χ3v) is 2.69. The van der Waals surface area contributed by atoms with Crippen LogP contribution in [0.2, 0.25) is 5.02 Å². The minimum absolute atomic E-state index is 0.286. The van der Waals surface area contributed by atoms with Crippen LogP contribution in [0, 0.1) is 5.82 Å². The Morgan fingerprint density at radius 1 is 1.19 bits per heavy atom. The Hall–Kier alpha value is -0.680. The van der Waals surface area contributed by atoms with Crippen molar-refractivity contribution < 1.29 is 4.39 Å². The Kier molecular flexibility index (Phi) is 5.69. The molecule has 0 saturated heterocycles. The van der Waals surface area contributed by atoms with Gasteiger partial charge in [0, 0.05) is 43.3 Å². The van der Waals surface area contributed by atoms with Gasteiger partial charge in [-0.1, -0.05) is 17.7 Å². The second-order valence-corrected chi connectivity index (χ2v) is 3.96. The van der Waals surface area contributed by atoms with Crippen LogP contribution in [0.15, 0.2) is 18.2 Å². The second-order valence-electron chi connectivity index (χ2n) is 3.55. The molecular weight excluding hydrogens is 229 g/mol. The van der Waals surface area contributed by atoms with Gasteiger partial charge in [-0.25, -0.2) is 4.39 Å². The van der Waals surface area contributed by atoms with Crippen molar-refractivity contribution in [3.8, 4) is 0 Å². The van der Waals surface area contributed by atoms with Gasteiger partial charge in [-0.05, 0) is 12.1 Å². The Morgan fingerprint density at radius 3 is 2.31 bits per heavy atom. The second kappa shape index (κ2) is 6.81. The van der Waals surface area contributed by atoms with E-state index >= 15 is 0 Å². The largest absolute Gasteiger partial charge is 0.329 e. The molecular formula is C11H17ClFN3. The zero-order valence-electron chi connectivity index (χ0n) is 9.13. The van der Waals surface area contributed by atoms with E-state index in [4.69, 9.17) is 23.1 Å². The zero-order valence-corrected chi connectivity index (χ0v) is 9.88. The van der Waals surface area contributed by atoms with Crippen molar-refractivity contribution in [3.05, 3.63) is 34.6 Å². The summed E-state index contributed by atoms with van der Waals surface area (Å²) in [5.41, 5.74) is 11.5. The van der Waals surface area contributed by atoms with Crippen molar-refractivity contribution >= 4 is 11.6 Å². The molecule has 0 spiro atoms. The first-order chi connectivity index (χ1) is 7.69. The Bertz CT molecular complexity index is 307. The predicted octanol–water partition coefficient (Wildman–Crippen LogP) is 1.20. The molecule has 0 aromatic heterocycles. The maximum atomic E-state index is 13.5. The van der Waals surface area contributed by atoms with Crippen molar-refractivity contribution in [2.45, 2.75) is 6.54 Å². The first kappa shape index (κ1) is 13.4. The number of hydrogen-bond donors (Lipinski definition) is 2. The fourth-order valence-corrected chi connectivity index (χ4v) is 1.76. The average molecular weight is 246 g/mol. The van der Waals surface area contributed by atoms with Gasteiger partial charge in [0.15, 0.2) is 0 Å². The molecule has 0 aliphatic carbocycles. The van der Waals surface area contributed by atoms with Gasteiger partial charge >= 0.3 is 0 Å². The van der Waals surface area contributed by atoms with E-state index in [1.54, 1.807) is 12.1 Å². The van der Waals surface area contributed by atoms with Crippen LogP contribution in [-0.4, -0.2) is 31.1 Å². The molecule has 3 nitrogen and oxygen atoms in total. The summed E-state index contributed by atoms with van der Waals surface area (Å²) in [5, 5.41) is 0.444. The van der Waals surface area contributed by atoms with Gasteiger partial charge in [0.25, 0.3) is 0 Å². The molecule has 0 aliphatic heterocycles. The van der Waals surface area contributed by atoms with Gasteiger partial charge in [0.2, 0.25) is 0 Å². The number of benzene rings is 1. The van der Waals surface area contributed by atoms with Crippen LogP contribution >= 0.6 is 11.6 Å². The third-order valence-electron chi connectivity index (χ3n) is 2.33. The number of rotatable bonds is 6. The van der Waals surface area contributed by atoms with Crippen molar-refractivity contribution in [2.24, 2.45) is 11.5 Å². The number of hydrogen-bond acceptors (Lipinski definition) is 3. The van der Waals surface area contributed by atoms with E-state index in [0.29, 0.717) is 43.3 Å².